The summed E-state index contributed by atoms with van der Waals surface area (Å²) in [4.78, 5) is 12.3. The number of aliphatic carboxylic acids is 1. The minimum atomic E-state index is -0.939. The van der Waals surface area contributed by atoms with E-state index >= 15 is 0 Å². The van der Waals surface area contributed by atoms with Gasteiger partial charge in [-0.15, -0.1) is 0 Å². The lowest BCUT2D eigenvalue weighted by molar-refractivity contribution is -0.139. The van der Waals surface area contributed by atoms with Crippen LogP contribution in [-0.4, -0.2) is 40.8 Å². The third-order valence-corrected chi connectivity index (χ3v) is 3.71. The van der Waals surface area contributed by atoms with E-state index in [-0.39, 0.29) is 12.6 Å². The van der Waals surface area contributed by atoms with E-state index in [0.717, 1.165) is 11.1 Å². The number of rotatable bonds is 3. The fourth-order valence-corrected chi connectivity index (χ4v) is 3.06. The van der Waals surface area contributed by atoms with Crippen LogP contribution in [0.5, 0.6) is 0 Å². The van der Waals surface area contributed by atoms with E-state index in [9.17, 15) is 9.90 Å². The Labute approximate surface area is 115 Å². The van der Waals surface area contributed by atoms with Gasteiger partial charge in [-0.1, -0.05) is 23.2 Å². The maximum Gasteiger partial charge on any atom is 0.317 e. The molecular weight excluding hydrogens is 277 g/mol. The van der Waals surface area contributed by atoms with Gasteiger partial charge in [0.2, 0.25) is 0 Å². The predicted molar refractivity (Wildman–Crippen MR) is 69.2 cm³/mol. The first-order chi connectivity index (χ1) is 8.40. The van der Waals surface area contributed by atoms with Crippen molar-refractivity contribution in [1.82, 2.24) is 4.90 Å². The molecular formula is C12H13Cl2NO3. The topological polar surface area (TPSA) is 60.8 Å². The maximum atomic E-state index is 10.7. The summed E-state index contributed by atoms with van der Waals surface area (Å²) >= 11 is 12.0. The summed E-state index contributed by atoms with van der Waals surface area (Å²) in [5, 5.41) is 19.9. The Bertz CT molecular complexity index is 492. The van der Waals surface area contributed by atoms with Gasteiger partial charge in [-0.05, 0) is 30.3 Å². The molecule has 0 heterocycles. The fraction of sp³-hybridized carbons (Fsp3) is 0.417. The van der Waals surface area contributed by atoms with Crippen molar-refractivity contribution < 1.29 is 15.0 Å². The number of aliphatic hydroxyl groups excluding tert-OH is 1. The van der Waals surface area contributed by atoms with Crippen molar-refractivity contribution in [3.8, 4) is 0 Å². The minimum Gasteiger partial charge on any atom is -0.480 e. The van der Waals surface area contributed by atoms with Crippen LogP contribution in [0.25, 0.3) is 0 Å². The molecule has 1 aromatic rings. The number of fused-ring (bicyclic) bond motifs is 1. The lowest BCUT2D eigenvalue weighted by Gasteiger charge is -2.26. The molecule has 0 unspecified atom stereocenters. The molecule has 4 nitrogen and oxygen atoms in total. The normalized spacial score (nSPS) is 22.3. The smallest absolute Gasteiger partial charge is 0.317 e. The second-order valence-corrected chi connectivity index (χ2v) is 5.32. The number of likely N-dealkylation sites (N-methyl/N-ethyl adjacent to an activating group) is 1. The van der Waals surface area contributed by atoms with Gasteiger partial charge in [-0.3, -0.25) is 9.69 Å². The summed E-state index contributed by atoms with van der Waals surface area (Å²) in [7, 11) is 1.66. The molecule has 0 saturated carbocycles. The fourth-order valence-electron chi connectivity index (χ4n) is 2.47. The van der Waals surface area contributed by atoms with E-state index in [1.807, 2.05) is 0 Å². The molecule has 2 atom stereocenters. The largest absolute Gasteiger partial charge is 0.480 e. The van der Waals surface area contributed by atoms with Crippen molar-refractivity contribution in [1.29, 1.82) is 0 Å². The van der Waals surface area contributed by atoms with Gasteiger partial charge in [-0.25, -0.2) is 0 Å². The molecule has 2 rings (SSSR count). The zero-order chi connectivity index (χ0) is 13.4. The number of carboxylic acid groups (broad SMARTS) is 1. The highest BCUT2D eigenvalue weighted by Crippen LogP contribution is 2.40. The summed E-state index contributed by atoms with van der Waals surface area (Å²) in [6.45, 7) is -0.148. The average Bonchev–Trinajstić information content (AvgIpc) is 2.53. The number of hydrogen-bond donors (Lipinski definition) is 2. The highest BCUT2D eigenvalue weighted by molar-refractivity contribution is 6.35. The Hall–Kier alpha value is -0.810. The summed E-state index contributed by atoms with van der Waals surface area (Å²) in [5.74, 6) is -0.939. The highest BCUT2D eigenvalue weighted by atomic mass is 35.5. The quantitative estimate of drug-likeness (QED) is 0.893. The monoisotopic (exact) mass is 289 g/mol. The SMILES string of the molecule is CN(CC(=O)O)[C@H]1c2cc(Cl)cc(Cl)c2C[C@H]1O. The van der Waals surface area contributed by atoms with Gasteiger partial charge >= 0.3 is 5.97 Å². The third kappa shape index (κ3) is 2.47. The van der Waals surface area contributed by atoms with Crippen LogP contribution in [-0.2, 0) is 11.2 Å². The molecule has 6 heteroatoms. The van der Waals surface area contributed by atoms with Crippen LogP contribution in [0.3, 0.4) is 0 Å². The van der Waals surface area contributed by atoms with E-state index < -0.39 is 12.1 Å². The Morgan fingerprint density at radius 3 is 2.78 bits per heavy atom. The van der Waals surface area contributed by atoms with Gasteiger partial charge in [0, 0.05) is 16.5 Å². The highest BCUT2D eigenvalue weighted by Gasteiger charge is 2.36. The molecule has 0 bridgehead atoms. The van der Waals surface area contributed by atoms with Gasteiger partial charge in [0.05, 0.1) is 18.7 Å². The molecule has 1 aliphatic rings. The number of hydrogen-bond acceptors (Lipinski definition) is 3. The molecule has 0 spiro atoms. The van der Waals surface area contributed by atoms with Crippen LogP contribution < -0.4 is 0 Å². The molecule has 18 heavy (non-hydrogen) atoms. The van der Waals surface area contributed by atoms with E-state index in [1.165, 1.54) is 0 Å². The van der Waals surface area contributed by atoms with E-state index in [2.05, 4.69) is 0 Å². The third-order valence-electron chi connectivity index (χ3n) is 3.15. The van der Waals surface area contributed by atoms with Crippen LogP contribution in [0, 0.1) is 0 Å². The summed E-state index contributed by atoms with van der Waals surface area (Å²) in [5.41, 5.74) is 1.65. The molecule has 0 aromatic heterocycles. The standard InChI is InChI=1S/C12H13Cl2NO3/c1-15(5-11(17)18)12-8-2-6(13)3-9(14)7(8)4-10(12)16/h2-3,10,12,16H,4-5H2,1H3,(H,17,18)/t10-,12+/m1/s1. The molecule has 2 N–H and O–H groups in total. The van der Waals surface area contributed by atoms with Gasteiger partial charge in [-0.2, -0.15) is 0 Å². The molecule has 0 aliphatic heterocycles. The van der Waals surface area contributed by atoms with Crippen molar-refractivity contribution in [2.45, 2.75) is 18.6 Å². The van der Waals surface area contributed by atoms with E-state index in [0.29, 0.717) is 16.5 Å². The van der Waals surface area contributed by atoms with Crippen LogP contribution in [0.1, 0.15) is 17.2 Å². The molecule has 0 radical (unpaired) electrons. The average molecular weight is 290 g/mol. The van der Waals surface area contributed by atoms with Crippen LogP contribution in [0.4, 0.5) is 0 Å². The second-order valence-electron chi connectivity index (χ2n) is 4.48. The summed E-state index contributed by atoms with van der Waals surface area (Å²) in [6.07, 6.45) is -0.250. The predicted octanol–water partition coefficient (Wildman–Crippen LogP) is 1.97. The molecule has 98 valence electrons. The minimum absolute atomic E-state index is 0.148. The Kier molecular flexibility index (Phi) is 3.82. The first-order valence-electron chi connectivity index (χ1n) is 5.48. The molecule has 1 aromatic carbocycles. The molecule has 0 fully saturated rings. The number of nitrogens with zero attached hydrogens (tertiary/aromatic N) is 1. The summed E-state index contributed by atoms with van der Waals surface area (Å²) < 4.78 is 0. The van der Waals surface area contributed by atoms with Gasteiger partial charge in [0.1, 0.15) is 0 Å². The Morgan fingerprint density at radius 1 is 1.50 bits per heavy atom. The number of halogens is 2. The number of carboxylic acids is 1. The van der Waals surface area contributed by atoms with Gasteiger partial charge < -0.3 is 10.2 Å². The Balaban J connectivity index is 2.38. The number of aliphatic hydroxyl groups is 1. The second kappa shape index (κ2) is 5.05. The van der Waals surface area contributed by atoms with Crippen molar-refractivity contribution >= 4 is 29.2 Å². The lowest BCUT2D eigenvalue weighted by Crippen LogP contribution is -2.34. The van der Waals surface area contributed by atoms with E-state index in [1.54, 1.807) is 24.1 Å². The van der Waals surface area contributed by atoms with Crippen LogP contribution in [0.2, 0.25) is 10.0 Å². The van der Waals surface area contributed by atoms with Crippen molar-refractivity contribution in [2.75, 3.05) is 13.6 Å². The molecule has 0 amide bonds. The first kappa shape index (κ1) is 13.6. The molecule has 1 aliphatic carbocycles. The van der Waals surface area contributed by atoms with Crippen molar-refractivity contribution in [3.05, 3.63) is 33.3 Å². The van der Waals surface area contributed by atoms with Crippen molar-refractivity contribution in [3.63, 3.8) is 0 Å². The van der Waals surface area contributed by atoms with Crippen LogP contribution >= 0.6 is 23.2 Å². The van der Waals surface area contributed by atoms with Gasteiger partial charge in [0.25, 0.3) is 0 Å². The summed E-state index contributed by atoms with van der Waals surface area (Å²) in [6, 6.07) is 2.99. The number of carbonyl (C=O) groups is 1. The van der Waals surface area contributed by atoms with Crippen molar-refractivity contribution in [2.24, 2.45) is 0 Å². The lowest BCUT2D eigenvalue weighted by atomic mass is 10.1. The van der Waals surface area contributed by atoms with E-state index in [4.69, 9.17) is 28.3 Å². The zero-order valence-corrected chi connectivity index (χ0v) is 11.2. The zero-order valence-electron chi connectivity index (χ0n) is 9.73. The number of benzene rings is 1. The molecule has 0 saturated heterocycles. The maximum absolute atomic E-state index is 10.7. The van der Waals surface area contributed by atoms with Crippen LogP contribution in [0.15, 0.2) is 12.1 Å². The Morgan fingerprint density at radius 2 is 2.17 bits per heavy atom. The first-order valence-corrected chi connectivity index (χ1v) is 6.23. The van der Waals surface area contributed by atoms with Gasteiger partial charge in [0.15, 0.2) is 0 Å².